The van der Waals surface area contributed by atoms with Crippen molar-refractivity contribution in [1.82, 2.24) is 0 Å². The minimum atomic E-state index is -1.06. The highest BCUT2D eigenvalue weighted by Gasteiger charge is 2.28. The second-order valence-electron chi connectivity index (χ2n) is 8.02. The Morgan fingerprint density at radius 3 is 1.22 bits per heavy atom. The zero-order valence-corrected chi connectivity index (χ0v) is 24.6. The molecule has 2 aliphatic heterocycles. The van der Waals surface area contributed by atoms with Crippen molar-refractivity contribution in [3.05, 3.63) is 82.9 Å². The number of ether oxygens (including phenoxy) is 3. The van der Waals surface area contributed by atoms with Crippen molar-refractivity contribution < 1.29 is 83.8 Å². The molecule has 1 unspecified atom stereocenters. The molecule has 0 amide bonds. The summed E-state index contributed by atoms with van der Waals surface area (Å²) in [6.07, 6.45) is 1.61. The van der Waals surface area contributed by atoms with Gasteiger partial charge in [0, 0.05) is 12.2 Å². The van der Waals surface area contributed by atoms with Gasteiger partial charge in [-0.1, -0.05) is 12.1 Å². The highest BCUT2D eigenvalue weighted by Crippen LogP contribution is 2.18. The van der Waals surface area contributed by atoms with E-state index in [0.717, 1.165) is 12.2 Å². The molecular formula is C29H36O17. The smallest absolute Gasteiger partial charge is 0.346 e. The topological polar surface area (TPSA) is 292 Å². The first kappa shape index (κ1) is 43.2. The normalized spacial score (nSPS) is 12.3. The van der Waals surface area contributed by atoms with Gasteiger partial charge >= 0.3 is 35.8 Å². The number of esters is 4. The number of benzene rings is 2. The van der Waals surface area contributed by atoms with Crippen LogP contribution in [0.2, 0.25) is 0 Å². The number of cyclic esters (lactones) is 4. The van der Waals surface area contributed by atoms with Crippen LogP contribution in [0.5, 0.6) is 0 Å². The van der Waals surface area contributed by atoms with Gasteiger partial charge in [-0.3, -0.25) is 0 Å². The summed E-state index contributed by atoms with van der Waals surface area (Å²) >= 11 is 0. The van der Waals surface area contributed by atoms with E-state index in [0.29, 0.717) is 24.3 Å². The van der Waals surface area contributed by atoms with Gasteiger partial charge < -0.3 is 55.1 Å². The molecule has 17 heteroatoms. The summed E-state index contributed by atoms with van der Waals surface area (Å²) < 4.78 is 13.0. The molecular weight excluding hydrogens is 620 g/mol. The Balaban J connectivity index is 0. The molecule has 2 aliphatic rings. The molecule has 4 rings (SSSR count). The summed E-state index contributed by atoms with van der Waals surface area (Å²) in [5.74, 6) is -4.38. The van der Waals surface area contributed by atoms with Crippen LogP contribution in [0.15, 0.2) is 60.7 Å². The number of hydrogen-bond donors (Lipinski definition) is 8. The summed E-state index contributed by atoms with van der Waals surface area (Å²) in [5, 5.41) is 64.4. The van der Waals surface area contributed by atoms with Crippen LogP contribution in [0.3, 0.4) is 0 Å². The maximum Gasteiger partial charge on any atom is 0.346 e. The van der Waals surface area contributed by atoms with Crippen LogP contribution in [0, 0.1) is 0 Å². The fourth-order valence-corrected chi connectivity index (χ4v) is 2.32. The second kappa shape index (κ2) is 26.5. The molecule has 46 heavy (non-hydrogen) atoms. The van der Waals surface area contributed by atoms with Crippen LogP contribution < -0.4 is 0 Å². The summed E-state index contributed by atoms with van der Waals surface area (Å²) in [7, 11) is 0. The molecule has 0 saturated carbocycles. The number of carboxylic acid groups (broad SMARTS) is 2. The van der Waals surface area contributed by atoms with Gasteiger partial charge in [-0.05, 0) is 43.3 Å². The fraction of sp³-hybridized carbons (Fsp3) is 0.310. The zero-order chi connectivity index (χ0) is 35.5. The van der Waals surface area contributed by atoms with E-state index >= 15 is 0 Å². The maximum absolute atomic E-state index is 10.8. The number of fused-ring (bicyclic) bond motifs is 1. The standard InChI is InChI=1S/C8H6O4.C8H4O3.C4H2O3.C4H10O3.C3H8O2.C2H6O2/c9-7(10)5-1-2-6(4-3-5)8(11)12;9-7-5-3-1-2-4-6(5)8(10)11-7;5-3-1-2-4(6)7-3;5-1-3-7-4-2-6;1-3(5)2-4;3-1-2-4/h1-4H,(H,9,10)(H,11,12);1-4H;1-2H;5-6H,1-4H2;3-5H,2H2,1H3;3-4H,1-2H2. The van der Waals surface area contributed by atoms with Crippen LogP contribution in [0.4, 0.5) is 0 Å². The Bertz CT molecular complexity index is 1160. The van der Waals surface area contributed by atoms with Gasteiger partial charge in [-0.25, -0.2) is 28.8 Å². The lowest BCUT2D eigenvalue weighted by atomic mass is 10.1. The number of hydrogen-bond acceptors (Lipinski definition) is 15. The van der Waals surface area contributed by atoms with Crippen molar-refractivity contribution in [3.8, 4) is 0 Å². The van der Waals surface area contributed by atoms with Crippen LogP contribution in [0.25, 0.3) is 0 Å². The number of carboxylic acids is 2. The van der Waals surface area contributed by atoms with Crippen LogP contribution >= 0.6 is 0 Å². The molecule has 2 aromatic rings. The number of rotatable bonds is 8. The molecule has 2 aromatic carbocycles. The van der Waals surface area contributed by atoms with E-state index in [1.807, 2.05) is 0 Å². The third-order valence-electron chi connectivity index (χ3n) is 4.32. The van der Waals surface area contributed by atoms with Gasteiger partial charge in [-0.2, -0.15) is 0 Å². The first-order chi connectivity index (χ1) is 21.8. The van der Waals surface area contributed by atoms with E-state index in [4.69, 9.17) is 40.9 Å². The third kappa shape index (κ3) is 20.9. The van der Waals surface area contributed by atoms with Gasteiger partial charge in [0.2, 0.25) is 0 Å². The summed E-state index contributed by atoms with van der Waals surface area (Å²) in [5.41, 5.74) is 0.884. The lowest BCUT2D eigenvalue weighted by Crippen LogP contribution is -2.03. The highest BCUT2D eigenvalue weighted by atomic mass is 16.6. The number of aliphatic hydroxyl groups excluding tert-OH is 6. The van der Waals surface area contributed by atoms with E-state index in [-0.39, 0.29) is 44.2 Å². The predicted molar refractivity (Wildman–Crippen MR) is 155 cm³/mol. The molecule has 0 spiro atoms. The van der Waals surface area contributed by atoms with Gasteiger partial charge in [0.05, 0.1) is 74.6 Å². The fourth-order valence-electron chi connectivity index (χ4n) is 2.32. The molecule has 0 saturated heterocycles. The molecule has 0 aromatic heterocycles. The van der Waals surface area contributed by atoms with Crippen molar-refractivity contribution in [2.45, 2.75) is 13.0 Å². The maximum atomic E-state index is 10.8. The highest BCUT2D eigenvalue weighted by molar-refractivity contribution is 6.14. The van der Waals surface area contributed by atoms with Gasteiger partial charge in [0.25, 0.3) is 0 Å². The van der Waals surface area contributed by atoms with Crippen LogP contribution in [0.1, 0.15) is 48.4 Å². The van der Waals surface area contributed by atoms with Gasteiger partial charge in [0.15, 0.2) is 0 Å². The predicted octanol–water partition coefficient (Wildman–Crippen LogP) is -0.976. The SMILES string of the molecule is CC(O)CO.O=C(O)c1ccc(C(=O)O)cc1.O=C1C=CC(=O)O1.O=C1OC(=O)c2ccccc21.OCCO.OCCOCCO. The van der Waals surface area contributed by atoms with Crippen LogP contribution in [-0.2, 0) is 23.8 Å². The lowest BCUT2D eigenvalue weighted by Gasteiger charge is -1.94. The van der Waals surface area contributed by atoms with E-state index < -0.39 is 41.9 Å². The van der Waals surface area contributed by atoms with Crippen molar-refractivity contribution in [2.24, 2.45) is 0 Å². The largest absolute Gasteiger partial charge is 0.478 e. The van der Waals surface area contributed by atoms with E-state index in [1.54, 1.807) is 24.3 Å². The van der Waals surface area contributed by atoms with Gasteiger partial charge in [0.1, 0.15) is 0 Å². The second-order valence-corrected chi connectivity index (χ2v) is 8.02. The molecule has 0 fully saturated rings. The lowest BCUT2D eigenvalue weighted by molar-refractivity contribution is -0.150. The Morgan fingerprint density at radius 2 is 1.00 bits per heavy atom. The quantitative estimate of drug-likeness (QED) is 0.0962. The Kier molecular flexibility index (Phi) is 24.9. The van der Waals surface area contributed by atoms with Crippen molar-refractivity contribution >= 4 is 35.8 Å². The van der Waals surface area contributed by atoms with Crippen molar-refractivity contribution in [3.63, 3.8) is 0 Å². The first-order valence-electron chi connectivity index (χ1n) is 13.0. The molecule has 0 radical (unpaired) electrons. The molecule has 1 atom stereocenters. The first-order valence-corrected chi connectivity index (χ1v) is 13.0. The summed E-state index contributed by atoms with van der Waals surface area (Å²) in [6.45, 7) is 1.83. The molecule has 0 bridgehead atoms. The van der Waals surface area contributed by atoms with Crippen molar-refractivity contribution in [2.75, 3.05) is 46.2 Å². The minimum Gasteiger partial charge on any atom is -0.478 e. The number of aromatic carboxylic acids is 2. The summed E-state index contributed by atoms with van der Waals surface area (Å²) in [4.78, 5) is 62.2. The monoisotopic (exact) mass is 656 g/mol. The van der Waals surface area contributed by atoms with E-state index in [2.05, 4.69) is 14.2 Å². The van der Waals surface area contributed by atoms with Crippen LogP contribution in [-0.4, -0.2) is 129 Å². The van der Waals surface area contributed by atoms with E-state index in [1.165, 1.54) is 31.2 Å². The van der Waals surface area contributed by atoms with Crippen molar-refractivity contribution in [1.29, 1.82) is 0 Å². The zero-order valence-electron chi connectivity index (χ0n) is 24.6. The third-order valence-corrected chi connectivity index (χ3v) is 4.32. The molecule has 2 heterocycles. The molecule has 8 N–H and O–H groups in total. The number of carbonyl (C=O) groups is 6. The average molecular weight is 657 g/mol. The molecule has 0 aliphatic carbocycles. The average Bonchev–Trinajstić information content (AvgIpc) is 3.57. The summed E-state index contributed by atoms with van der Waals surface area (Å²) in [6, 6.07) is 11.6. The minimum absolute atomic E-state index is 0.0278. The van der Waals surface area contributed by atoms with E-state index in [9.17, 15) is 28.8 Å². The molecule has 254 valence electrons. The Labute approximate surface area is 262 Å². The number of aliphatic hydroxyl groups is 6. The molecule has 17 nitrogen and oxygen atoms in total. The number of carbonyl (C=O) groups excluding carboxylic acids is 4. The Morgan fingerprint density at radius 1 is 0.652 bits per heavy atom. The Hall–Kier alpha value is -4.88. The van der Waals surface area contributed by atoms with Gasteiger partial charge in [-0.15, -0.1) is 0 Å².